The number of fused-ring (bicyclic) bond motifs is 1. The van der Waals surface area contributed by atoms with Crippen LogP contribution in [0.15, 0.2) is 72.8 Å². The van der Waals surface area contributed by atoms with Gasteiger partial charge in [0.2, 0.25) is 0 Å². The Bertz CT molecular complexity index is 1030. The maximum atomic E-state index is 13.7. The van der Waals surface area contributed by atoms with Crippen LogP contribution in [0.1, 0.15) is 23.6 Å². The fourth-order valence-corrected chi connectivity index (χ4v) is 3.99. The molecular formula is C26H27F2NO2. The smallest absolute Gasteiger partial charge is 0.270 e. The standard InChI is InChI=1S/C26H27F2NO2/c1-26(27,28)23-10-4-8-20(14-23)21-9-5-11-25(15-21)31-18-24(30)17-29-13-12-19-6-2-3-7-22(19)16-29/h2-11,14-15,24,30H,12-13,16-18H2,1H3. The quantitative estimate of drug-likeness (QED) is 0.562. The summed E-state index contributed by atoms with van der Waals surface area (Å²) in [5.41, 5.74) is 4.18. The van der Waals surface area contributed by atoms with Crippen LogP contribution in [0.2, 0.25) is 0 Å². The van der Waals surface area contributed by atoms with Gasteiger partial charge in [0.25, 0.3) is 5.92 Å². The van der Waals surface area contributed by atoms with Crippen LogP contribution in [-0.4, -0.2) is 35.8 Å². The van der Waals surface area contributed by atoms with Gasteiger partial charge < -0.3 is 9.84 Å². The lowest BCUT2D eigenvalue weighted by Crippen LogP contribution is -2.38. The van der Waals surface area contributed by atoms with Crippen molar-refractivity contribution in [2.45, 2.75) is 31.9 Å². The number of benzene rings is 3. The van der Waals surface area contributed by atoms with Gasteiger partial charge in [0.05, 0.1) is 0 Å². The fourth-order valence-electron chi connectivity index (χ4n) is 3.99. The third-order valence-corrected chi connectivity index (χ3v) is 5.66. The molecule has 3 aromatic carbocycles. The zero-order chi connectivity index (χ0) is 21.8. The first-order valence-electron chi connectivity index (χ1n) is 10.6. The number of hydrogen-bond donors (Lipinski definition) is 1. The van der Waals surface area contributed by atoms with E-state index in [1.165, 1.54) is 23.3 Å². The van der Waals surface area contributed by atoms with Gasteiger partial charge in [0, 0.05) is 32.1 Å². The minimum Gasteiger partial charge on any atom is -0.491 e. The summed E-state index contributed by atoms with van der Waals surface area (Å²) in [6, 6.07) is 22.1. The summed E-state index contributed by atoms with van der Waals surface area (Å²) in [5, 5.41) is 10.5. The van der Waals surface area contributed by atoms with Gasteiger partial charge >= 0.3 is 0 Å². The number of alkyl halides is 2. The Kier molecular flexibility index (Phi) is 6.35. The van der Waals surface area contributed by atoms with Crippen LogP contribution in [-0.2, 0) is 18.9 Å². The molecule has 162 valence electrons. The first kappa shape index (κ1) is 21.5. The average molecular weight is 424 g/mol. The van der Waals surface area contributed by atoms with E-state index in [4.69, 9.17) is 4.74 Å². The molecule has 0 aliphatic carbocycles. The lowest BCUT2D eigenvalue weighted by Gasteiger charge is -2.30. The Morgan fingerprint density at radius 2 is 1.68 bits per heavy atom. The van der Waals surface area contributed by atoms with Crippen molar-refractivity contribution in [2.24, 2.45) is 0 Å². The molecule has 3 aromatic rings. The highest BCUT2D eigenvalue weighted by Gasteiger charge is 2.24. The lowest BCUT2D eigenvalue weighted by atomic mass is 10.00. The predicted molar refractivity (Wildman–Crippen MR) is 118 cm³/mol. The van der Waals surface area contributed by atoms with Crippen molar-refractivity contribution in [3.05, 3.63) is 89.5 Å². The lowest BCUT2D eigenvalue weighted by molar-refractivity contribution is 0.0175. The zero-order valence-corrected chi connectivity index (χ0v) is 17.6. The molecule has 1 N–H and O–H groups in total. The molecule has 0 bridgehead atoms. The number of β-amino-alcohol motifs (C(OH)–C–C–N with tert-alkyl or cyclic N) is 1. The Labute approximate surface area is 181 Å². The van der Waals surface area contributed by atoms with E-state index in [2.05, 4.69) is 23.1 Å². The first-order chi connectivity index (χ1) is 14.9. The largest absolute Gasteiger partial charge is 0.491 e. The van der Waals surface area contributed by atoms with E-state index >= 15 is 0 Å². The monoisotopic (exact) mass is 423 g/mol. The van der Waals surface area contributed by atoms with Crippen molar-refractivity contribution in [1.29, 1.82) is 0 Å². The molecule has 1 unspecified atom stereocenters. The van der Waals surface area contributed by atoms with Gasteiger partial charge in [-0.2, -0.15) is 0 Å². The normalized spacial score (nSPS) is 15.4. The molecule has 0 spiro atoms. The van der Waals surface area contributed by atoms with Crippen LogP contribution in [0, 0.1) is 0 Å². The molecule has 0 saturated carbocycles. The van der Waals surface area contributed by atoms with Crippen LogP contribution in [0.4, 0.5) is 8.78 Å². The number of ether oxygens (including phenoxy) is 1. The van der Waals surface area contributed by atoms with Crippen molar-refractivity contribution in [3.8, 4) is 16.9 Å². The fraction of sp³-hybridized carbons (Fsp3) is 0.308. The molecule has 0 amide bonds. The van der Waals surface area contributed by atoms with Crippen LogP contribution < -0.4 is 4.74 Å². The van der Waals surface area contributed by atoms with Crippen molar-refractivity contribution in [3.63, 3.8) is 0 Å². The highest BCUT2D eigenvalue weighted by Crippen LogP contribution is 2.31. The molecule has 3 nitrogen and oxygen atoms in total. The van der Waals surface area contributed by atoms with Crippen LogP contribution >= 0.6 is 0 Å². The maximum Gasteiger partial charge on any atom is 0.270 e. The minimum absolute atomic E-state index is 0.0187. The molecule has 0 radical (unpaired) electrons. The number of nitrogens with zero attached hydrogens (tertiary/aromatic N) is 1. The van der Waals surface area contributed by atoms with Crippen LogP contribution in [0.5, 0.6) is 5.75 Å². The zero-order valence-electron chi connectivity index (χ0n) is 17.6. The second kappa shape index (κ2) is 9.16. The molecule has 31 heavy (non-hydrogen) atoms. The maximum absolute atomic E-state index is 13.7. The van der Waals surface area contributed by atoms with E-state index in [0.29, 0.717) is 17.9 Å². The molecule has 1 atom stereocenters. The van der Waals surface area contributed by atoms with E-state index in [0.717, 1.165) is 32.0 Å². The summed E-state index contributed by atoms with van der Waals surface area (Å²) < 4.78 is 33.1. The van der Waals surface area contributed by atoms with Gasteiger partial charge in [0.1, 0.15) is 18.5 Å². The molecule has 5 heteroatoms. The van der Waals surface area contributed by atoms with E-state index in [1.807, 2.05) is 30.3 Å². The third kappa shape index (κ3) is 5.49. The van der Waals surface area contributed by atoms with Gasteiger partial charge in [-0.3, -0.25) is 4.90 Å². The van der Waals surface area contributed by atoms with Gasteiger partial charge in [-0.15, -0.1) is 0 Å². The second-order valence-electron chi connectivity index (χ2n) is 8.22. The number of hydrogen-bond acceptors (Lipinski definition) is 3. The van der Waals surface area contributed by atoms with Gasteiger partial charge in [-0.25, -0.2) is 8.78 Å². The van der Waals surface area contributed by atoms with E-state index < -0.39 is 12.0 Å². The van der Waals surface area contributed by atoms with Crippen LogP contribution in [0.25, 0.3) is 11.1 Å². The minimum atomic E-state index is -2.89. The molecule has 1 aliphatic rings. The highest BCUT2D eigenvalue weighted by atomic mass is 19.3. The summed E-state index contributed by atoms with van der Waals surface area (Å²) in [5.74, 6) is -2.28. The van der Waals surface area contributed by atoms with Crippen molar-refractivity contribution in [2.75, 3.05) is 19.7 Å². The van der Waals surface area contributed by atoms with Crippen LogP contribution in [0.3, 0.4) is 0 Å². The highest BCUT2D eigenvalue weighted by molar-refractivity contribution is 5.66. The molecular weight excluding hydrogens is 396 g/mol. The third-order valence-electron chi connectivity index (χ3n) is 5.66. The predicted octanol–water partition coefficient (Wildman–Crippen LogP) is 5.26. The SMILES string of the molecule is CC(F)(F)c1cccc(-c2cccc(OCC(O)CN3CCc4ccccc4C3)c2)c1. The Balaban J connectivity index is 1.35. The van der Waals surface area contributed by atoms with Gasteiger partial charge in [-0.05, 0) is 46.9 Å². The Morgan fingerprint density at radius 1 is 0.968 bits per heavy atom. The summed E-state index contributed by atoms with van der Waals surface area (Å²) in [6.45, 7) is 3.37. The summed E-state index contributed by atoms with van der Waals surface area (Å²) in [6.07, 6.45) is 0.373. The second-order valence-corrected chi connectivity index (χ2v) is 8.22. The topological polar surface area (TPSA) is 32.7 Å². The van der Waals surface area contributed by atoms with Gasteiger partial charge in [-0.1, -0.05) is 54.6 Å². The summed E-state index contributed by atoms with van der Waals surface area (Å²) in [4.78, 5) is 2.24. The average Bonchev–Trinajstić information content (AvgIpc) is 2.77. The molecule has 0 saturated heterocycles. The molecule has 1 aliphatic heterocycles. The number of aliphatic hydroxyl groups is 1. The first-order valence-corrected chi connectivity index (χ1v) is 10.6. The van der Waals surface area contributed by atoms with Gasteiger partial charge in [0.15, 0.2) is 0 Å². The molecule has 0 aromatic heterocycles. The Morgan fingerprint density at radius 3 is 2.45 bits per heavy atom. The van der Waals surface area contributed by atoms with Crippen molar-refractivity contribution in [1.82, 2.24) is 4.90 Å². The summed E-state index contributed by atoms with van der Waals surface area (Å²) in [7, 11) is 0. The molecule has 1 heterocycles. The van der Waals surface area contributed by atoms with E-state index in [1.54, 1.807) is 12.1 Å². The van der Waals surface area contributed by atoms with E-state index in [9.17, 15) is 13.9 Å². The van der Waals surface area contributed by atoms with E-state index in [-0.39, 0.29) is 12.2 Å². The summed E-state index contributed by atoms with van der Waals surface area (Å²) >= 11 is 0. The molecule has 0 fully saturated rings. The number of rotatable bonds is 7. The number of aliphatic hydroxyl groups excluding tert-OH is 1. The van der Waals surface area contributed by atoms with Crippen molar-refractivity contribution >= 4 is 0 Å². The molecule has 4 rings (SSSR count). The Hall–Kier alpha value is -2.76. The number of halogens is 2. The van der Waals surface area contributed by atoms with Crippen molar-refractivity contribution < 1.29 is 18.6 Å².